The van der Waals surface area contributed by atoms with Crippen LogP contribution in [0.15, 0.2) is 33.6 Å². The van der Waals surface area contributed by atoms with Crippen LogP contribution in [0.4, 0.5) is 0 Å². The van der Waals surface area contributed by atoms with Gasteiger partial charge in [-0.05, 0) is 24.6 Å². The molecule has 0 unspecified atom stereocenters. The van der Waals surface area contributed by atoms with Crippen molar-refractivity contribution in [3.8, 4) is 0 Å². The highest BCUT2D eigenvalue weighted by Gasteiger charge is 2.15. The second-order valence-electron chi connectivity index (χ2n) is 3.86. The molecule has 0 saturated carbocycles. The number of nitrogens with one attached hydrogen (secondary N) is 1. The Balaban J connectivity index is 2.13. The molecule has 2 rings (SSSR count). The maximum atomic E-state index is 12.0. The van der Waals surface area contributed by atoms with Gasteiger partial charge >= 0.3 is 0 Å². The van der Waals surface area contributed by atoms with Crippen LogP contribution in [0.25, 0.3) is 0 Å². The zero-order valence-corrected chi connectivity index (χ0v) is 10.9. The van der Waals surface area contributed by atoms with Crippen molar-refractivity contribution in [2.24, 2.45) is 0 Å². The largest absolute Gasteiger partial charge is 0.424 e. The summed E-state index contributed by atoms with van der Waals surface area (Å²) in [5, 5.41) is 7.34. The number of nitrogens with zero attached hydrogens (tertiary/aromatic N) is 2. The van der Waals surface area contributed by atoms with Crippen molar-refractivity contribution in [2.75, 3.05) is 0 Å². The first kappa shape index (κ1) is 12.7. The van der Waals surface area contributed by atoms with Gasteiger partial charge in [-0.1, -0.05) is 12.1 Å². The first-order valence-electron chi connectivity index (χ1n) is 5.33. The monoisotopic (exact) mass is 267 g/mol. The van der Waals surface area contributed by atoms with E-state index in [2.05, 4.69) is 14.9 Å². The zero-order valence-electron chi connectivity index (χ0n) is 10.0. The highest BCUT2D eigenvalue weighted by molar-refractivity contribution is 7.89. The number of rotatable bonds is 4. The topological polar surface area (TPSA) is 85.1 Å². The fraction of sp³-hybridized carbons (Fsp3) is 0.273. The number of sulfonamides is 1. The molecule has 0 radical (unpaired) electrons. The van der Waals surface area contributed by atoms with Gasteiger partial charge in [0.25, 0.3) is 0 Å². The number of aryl methyl sites for hydroxylation is 2. The van der Waals surface area contributed by atoms with Crippen molar-refractivity contribution < 1.29 is 12.8 Å². The molecule has 6 nitrogen and oxygen atoms in total. The molecule has 0 atom stereocenters. The fourth-order valence-electron chi connectivity index (χ4n) is 1.43. The highest BCUT2D eigenvalue weighted by atomic mass is 32.2. The molecule has 0 aliphatic rings. The van der Waals surface area contributed by atoms with Gasteiger partial charge in [-0.2, -0.15) is 0 Å². The van der Waals surface area contributed by atoms with E-state index in [-0.39, 0.29) is 17.3 Å². The molecule has 1 aromatic heterocycles. The van der Waals surface area contributed by atoms with Crippen LogP contribution in [0.3, 0.4) is 0 Å². The van der Waals surface area contributed by atoms with Crippen LogP contribution in [0.5, 0.6) is 0 Å². The lowest BCUT2D eigenvalue weighted by Gasteiger charge is -2.05. The highest BCUT2D eigenvalue weighted by Crippen LogP contribution is 2.11. The summed E-state index contributed by atoms with van der Waals surface area (Å²) < 4.78 is 31.4. The van der Waals surface area contributed by atoms with Gasteiger partial charge in [-0.3, -0.25) is 0 Å². The lowest BCUT2D eigenvalue weighted by molar-refractivity contribution is 0.460. The third-order valence-corrected chi connectivity index (χ3v) is 3.68. The molecule has 0 bridgehead atoms. The van der Waals surface area contributed by atoms with E-state index in [1.54, 1.807) is 19.1 Å². The molecule has 0 saturated heterocycles. The predicted molar refractivity (Wildman–Crippen MR) is 64.2 cm³/mol. The summed E-state index contributed by atoms with van der Waals surface area (Å²) in [6.45, 7) is 3.46. The number of hydrogen-bond donors (Lipinski definition) is 1. The lowest BCUT2D eigenvalue weighted by Crippen LogP contribution is -2.23. The summed E-state index contributed by atoms with van der Waals surface area (Å²) in [7, 11) is -3.55. The summed E-state index contributed by atoms with van der Waals surface area (Å²) >= 11 is 0. The van der Waals surface area contributed by atoms with Crippen molar-refractivity contribution >= 4 is 10.0 Å². The van der Waals surface area contributed by atoms with Crippen LogP contribution in [0.2, 0.25) is 0 Å². The molecular formula is C11H13N3O3S. The van der Waals surface area contributed by atoms with Crippen LogP contribution in [-0.4, -0.2) is 18.6 Å². The van der Waals surface area contributed by atoms with Gasteiger partial charge in [-0.25, -0.2) is 13.1 Å². The molecule has 18 heavy (non-hydrogen) atoms. The zero-order chi connectivity index (χ0) is 13.2. The SMILES string of the molecule is Cc1cccc(S(=O)(=O)NCc2nnc(C)o2)c1. The standard InChI is InChI=1S/C11H13N3O3S/c1-8-4-3-5-10(6-8)18(15,16)12-7-11-14-13-9(2)17-11/h3-6,12H,7H2,1-2H3. The van der Waals surface area contributed by atoms with Crippen LogP contribution in [0, 0.1) is 13.8 Å². The van der Waals surface area contributed by atoms with Gasteiger partial charge in [-0.15, -0.1) is 10.2 Å². The normalized spacial score (nSPS) is 11.7. The summed E-state index contributed by atoms with van der Waals surface area (Å²) in [5.74, 6) is 0.642. The Bertz CT molecular complexity index is 649. The molecule has 2 aromatic rings. The minimum atomic E-state index is -3.55. The van der Waals surface area contributed by atoms with Crippen LogP contribution < -0.4 is 4.72 Å². The van der Waals surface area contributed by atoms with Gasteiger partial charge in [0, 0.05) is 6.92 Å². The molecule has 0 fully saturated rings. The lowest BCUT2D eigenvalue weighted by atomic mass is 10.2. The van der Waals surface area contributed by atoms with Crippen LogP contribution in [-0.2, 0) is 16.6 Å². The molecule has 0 aliphatic carbocycles. The smallest absolute Gasteiger partial charge is 0.241 e. The Kier molecular flexibility index (Phi) is 3.44. The van der Waals surface area contributed by atoms with Crippen LogP contribution in [0.1, 0.15) is 17.3 Å². The summed E-state index contributed by atoms with van der Waals surface area (Å²) in [6.07, 6.45) is 0. The summed E-state index contributed by atoms with van der Waals surface area (Å²) in [4.78, 5) is 0.221. The van der Waals surface area contributed by atoms with Crippen molar-refractivity contribution in [2.45, 2.75) is 25.3 Å². The third kappa shape index (κ3) is 2.93. The molecule has 0 amide bonds. The van der Waals surface area contributed by atoms with Crippen molar-refractivity contribution in [1.82, 2.24) is 14.9 Å². The summed E-state index contributed by atoms with van der Waals surface area (Å²) in [5.41, 5.74) is 0.881. The first-order chi connectivity index (χ1) is 8.47. The summed E-state index contributed by atoms with van der Waals surface area (Å²) in [6, 6.07) is 6.66. The number of aromatic nitrogens is 2. The predicted octanol–water partition coefficient (Wildman–Crippen LogP) is 1.16. The Labute approximate surface area is 105 Å². The molecule has 1 heterocycles. The number of hydrogen-bond acceptors (Lipinski definition) is 5. The molecule has 96 valence electrons. The van der Waals surface area contributed by atoms with Crippen molar-refractivity contribution in [1.29, 1.82) is 0 Å². The van der Waals surface area contributed by atoms with E-state index in [9.17, 15) is 8.42 Å². The first-order valence-corrected chi connectivity index (χ1v) is 6.81. The van der Waals surface area contributed by atoms with E-state index in [4.69, 9.17) is 4.42 Å². The van der Waals surface area contributed by atoms with E-state index in [0.29, 0.717) is 5.89 Å². The maximum Gasteiger partial charge on any atom is 0.241 e. The molecule has 1 N–H and O–H groups in total. The Morgan fingerprint density at radius 1 is 1.28 bits per heavy atom. The molecule has 7 heteroatoms. The Morgan fingerprint density at radius 3 is 2.67 bits per heavy atom. The third-order valence-electron chi connectivity index (χ3n) is 2.28. The Hall–Kier alpha value is -1.73. The second kappa shape index (κ2) is 4.87. The average molecular weight is 267 g/mol. The quantitative estimate of drug-likeness (QED) is 0.898. The van der Waals surface area contributed by atoms with Crippen LogP contribution >= 0.6 is 0 Å². The number of benzene rings is 1. The fourth-order valence-corrected chi connectivity index (χ4v) is 2.51. The van der Waals surface area contributed by atoms with Crippen molar-refractivity contribution in [3.05, 3.63) is 41.6 Å². The minimum absolute atomic E-state index is 0.0168. The van der Waals surface area contributed by atoms with E-state index in [0.717, 1.165) is 5.56 Å². The van der Waals surface area contributed by atoms with E-state index in [1.807, 2.05) is 13.0 Å². The maximum absolute atomic E-state index is 12.0. The van der Waals surface area contributed by atoms with E-state index >= 15 is 0 Å². The molecule has 0 aliphatic heterocycles. The molecular weight excluding hydrogens is 254 g/mol. The van der Waals surface area contributed by atoms with Gasteiger partial charge in [0.05, 0.1) is 11.4 Å². The Morgan fingerprint density at radius 2 is 2.06 bits per heavy atom. The van der Waals surface area contributed by atoms with E-state index in [1.165, 1.54) is 6.07 Å². The second-order valence-corrected chi connectivity index (χ2v) is 5.62. The van der Waals surface area contributed by atoms with E-state index < -0.39 is 10.0 Å². The molecule has 0 spiro atoms. The van der Waals surface area contributed by atoms with Crippen molar-refractivity contribution in [3.63, 3.8) is 0 Å². The average Bonchev–Trinajstić information content (AvgIpc) is 2.73. The van der Waals surface area contributed by atoms with Gasteiger partial charge in [0.2, 0.25) is 21.8 Å². The molecule has 1 aromatic carbocycles. The van der Waals surface area contributed by atoms with Gasteiger partial charge < -0.3 is 4.42 Å². The van der Waals surface area contributed by atoms with Gasteiger partial charge in [0.1, 0.15) is 0 Å². The van der Waals surface area contributed by atoms with Gasteiger partial charge in [0.15, 0.2) is 0 Å². The minimum Gasteiger partial charge on any atom is -0.424 e.